The largest absolute Gasteiger partial charge is 0.508 e. The predicted molar refractivity (Wildman–Crippen MR) is 92.7 cm³/mol. The number of aromatic nitrogens is 2. The zero-order valence-electron chi connectivity index (χ0n) is 14.7. The van der Waals surface area contributed by atoms with E-state index in [0.29, 0.717) is 21.5 Å². The van der Waals surface area contributed by atoms with E-state index in [2.05, 4.69) is 10.4 Å². The minimum atomic E-state index is -3.17. The third-order valence-electron chi connectivity index (χ3n) is 3.93. The van der Waals surface area contributed by atoms with Gasteiger partial charge in [0.05, 0.1) is 5.02 Å². The van der Waals surface area contributed by atoms with Gasteiger partial charge < -0.3 is 10.4 Å². The first-order chi connectivity index (χ1) is 12.5. The molecule has 0 saturated heterocycles. The Kier molecular flexibility index (Phi) is 6.35. The summed E-state index contributed by atoms with van der Waals surface area (Å²) in [5.74, 6) is -0.702. The van der Waals surface area contributed by atoms with Crippen molar-refractivity contribution in [1.29, 1.82) is 0 Å². The summed E-state index contributed by atoms with van der Waals surface area (Å²) in [5.41, 5.74) is -0.431. The van der Waals surface area contributed by atoms with Gasteiger partial charge in [0.2, 0.25) is 5.91 Å². The van der Waals surface area contributed by atoms with E-state index < -0.39 is 41.7 Å². The lowest BCUT2D eigenvalue weighted by Crippen LogP contribution is -2.21. The molecule has 1 aromatic carbocycles. The number of phenolic OH excluding ortho intramolecular Hbond substituents is 1. The summed E-state index contributed by atoms with van der Waals surface area (Å²) in [4.78, 5) is 12.3. The average molecular weight is 408 g/mol. The molecule has 0 unspecified atom stereocenters. The zero-order chi connectivity index (χ0) is 20.5. The smallest absolute Gasteiger partial charge is 0.283 e. The lowest BCUT2D eigenvalue weighted by atomic mass is 9.99. The molecule has 10 heteroatoms. The Hall–Kier alpha value is -2.29. The molecule has 1 aromatic heterocycles. The summed E-state index contributed by atoms with van der Waals surface area (Å²) in [5, 5.41) is 15.0. The van der Waals surface area contributed by atoms with Gasteiger partial charge in [0.1, 0.15) is 23.7 Å². The van der Waals surface area contributed by atoms with Crippen molar-refractivity contribution in [2.45, 2.75) is 46.1 Å². The van der Waals surface area contributed by atoms with E-state index in [0.717, 1.165) is 0 Å². The molecule has 0 radical (unpaired) electrons. The number of anilines is 1. The average Bonchev–Trinajstić information content (AvgIpc) is 2.86. The molecular formula is C17H18ClF4N3O2. The van der Waals surface area contributed by atoms with E-state index in [-0.39, 0.29) is 11.7 Å². The van der Waals surface area contributed by atoms with Crippen LogP contribution in [0.25, 0.3) is 0 Å². The molecule has 0 fully saturated rings. The van der Waals surface area contributed by atoms with Crippen LogP contribution in [0.5, 0.6) is 5.75 Å². The first kappa shape index (κ1) is 21.0. The molecular weight excluding hydrogens is 390 g/mol. The van der Waals surface area contributed by atoms with Crippen LogP contribution in [0.3, 0.4) is 0 Å². The summed E-state index contributed by atoms with van der Waals surface area (Å²) in [6, 6.07) is 3.04. The van der Waals surface area contributed by atoms with Crippen LogP contribution in [-0.2, 0) is 11.3 Å². The number of rotatable bonds is 6. The highest BCUT2D eigenvalue weighted by molar-refractivity contribution is 6.32. The second-order valence-electron chi connectivity index (χ2n) is 6.27. The second kappa shape index (κ2) is 8.16. The lowest BCUT2D eigenvalue weighted by Gasteiger charge is -2.15. The number of benzene rings is 1. The fourth-order valence-electron chi connectivity index (χ4n) is 2.57. The maximum Gasteiger partial charge on any atom is 0.283 e. The van der Waals surface area contributed by atoms with Crippen molar-refractivity contribution in [3.63, 3.8) is 0 Å². The summed E-state index contributed by atoms with van der Waals surface area (Å²) in [6.45, 7) is 4.62. The molecule has 2 aromatic rings. The molecule has 1 heterocycles. The van der Waals surface area contributed by atoms with Crippen molar-refractivity contribution in [3.05, 3.63) is 39.7 Å². The maximum atomic E-state index is 13.1. The fraction of sp³-hybridized carbons (Fsp3) is 0.412. The van der Waals surface area contributed by atoms with Gasteiger partial charge >= 0.3 is 0 Å². The zero-order valence-corrected chi connectivity index (χ0v) is 15.5. The van der Waals surface area contributed by atoms with Crippen LogP contribution in [0.4, 0.5) is 23.2 Å². The van der Waals surface area contributed by atoms with Gasteiger partial charge in [-0.05, 0) is 36.1 Å². The molecule has 0 aliphatic heterocycles. The van der Waals surface area contributed by atoms with Crippen LogP contribution >= 0.6 is 11.6 Å². The van der Waals surface area contributed by atoms with E-state index in [9.17, 15) is 27.5 Å². The number of hydrogen-bond donors (Lipinski definition) is 2. The van der Waals surface area contributed by atoms with Crippen LogP contribution in [0.2, 0.25) is 5.02 Å². The Morgan fingerprint density at radius 1 is 1.26 bits per heavy atom. The summed E-state index contributed by atoms with van der Waals surface area (Å²) >= 11 is 5.56. The monoisotopic (exact) mass is 407 g/mol. The standard InChI is InChI=1S/C17H18ClF4N3O2/c1-7(2)9-5-10(8(3)4-11(9)26)23-12(27)6-25-15(17(21)22)13(18)14(24-25)16(19)20/h4-5,7,16-17,26H,6H2,1-3H3,(H,23,27). The number of aryl methyl sites for hydroxylation is 1. The van der Waals surface area contributed by atoms with E-state index >= 15 is 0 Å². The highest BCUT2D eigenvalue weighted by atomic mass is 35.5. The number of hydrogen-bond acceptors (Lipinski definition) is 3. The quantitative estimate of drug-likeness (QED) is 0.511. The van der Waals surface area contributed by atoms with Crippen molar-refractivity contribution < 1.29 is 27.5 Å². The summed E-state index contributed by atoms with van der Waals surface area (Å²) in [6.07, 6.45) is -6.32. The molecule has 1 amide bonds. The first-order valence-corrected chi connectivity index (χ1v) is 8.36. The predicted octanol–water partition coefficient (Wildman–Crippen LogP) is 5.19. The van der Waals surface area contributed by atoms with Crippen molar-refractivity contribution >= 4 is 23.2 Å². The maximum absolute atomic E-state index is 13.1. The van der Waals surface area contributed by atoms with Crippen molar-refractivity contribution in [1.82, 2.24) is 9.78 Å². The number of halogens is 5. The Balaban J connectivity index is 2.29. The normalized spacial score (nSPS) is 11.7. The van der Waals surface area contributed by atoms with Gasteiger partial charge in [-0.1, -0.05) is 25.4 Å². The molecule has 0 aliphatic carbocycles. The van der Waals surface area contributed by atoms with Crippen LogP contribution in [0.1, 0.15) is 55.1 Å². The molecule has 0 bridgehead atoms. The molecule has 0 atom stereocenters. The number of alkyl halides is 4. The number of carbonyl (C=O) groups is 1. The molecule has 5 nitrogen and oxygen atoms in total. The van der Waals surface area contributed by atoms with Crippen LogP contribution in [-0.4, -0.2) is 20.8 Å². The number of carbonyl (C=O) groups excluding carboxylic acids is 1. The van der Waals surface area contributed by atoms with E-state index in [1.54, 1.807) is 13.0 Å². The van der Waals surface area contributed by atoms with E-state index in [4.69, 9.17) is 11.6 Å². The van der Waals surface area contributed by atoms with Gasteiger partial charge in [-0.15, -0.1) is 0 Å². The molecule has 2 rings (SSSR count). The number of nitrogens with zero attached hydrogens (tertiary/aromatic N) is 2. The summed E-state index contributed by atoms with van der Waals surface area (Å²) in [7, 11) is 0. The Bertz CT molecular complexity index is 853. The number of nitrogens with one attached hydrogen (secondary N) is 1. The van der Waals surface area contributed by atoms with Gasteiger partial charge in [-0.2, -0.15) is 5.10 Å². The molecule has 0 saturated carbocycles. The molecule has 148 valence electrons. The lowest BCUT2D eigenvalue weighted by molar-refractivity contribution is -0.117. The topological polar surface area (TPSA) is 67.2 Å². The Morgan fingerprint density at radius 3 is 2.41 bits per heavy atom. The molecule has 0 aliphatic rings. The van der Waals surface area contributed by atoms with Crippen molar-refractivity contribution in [2.75, 3.05) is 5.32 Å². The second-order valence-corrected chi connectivity index (χ2v) is 6.65. The highest BCUT2D eigenvalue weighted by Crippen LogP contribution is 2.35. The van der Waals surface area contributed by atoms with Crippen molar-refractivity contribution in [2.24, 2.45) is 0 Å². The molecule has 0 spiro atoms. The van der Waals surface area contributed by atoms with Gasteiger partial charge in [0.25, 0.3) is 12.9 Å². The minimum Gasteiger partial charge on any atom is -0.508 e. The SMILES string of the molecule is Cc1cc(O)c(C(C)C)cc1NC(=O)Cn1nc(C(F)F)c(Cl)c1C(F)F. The Labute approximate surface area is 157 Å². The van der Waals surface area contributed by atoms with Gasteiger partial charge in [-0.25, -0.2) is 17.6 Å². The Morgan fingerprint density at radius 2 is 1.89 bits per heavy atom. The van der Waals surface area contributed by atoms with Gasteiger partial charge in [0.15, 0.2) is 0 Å². The van der Waals surface area contributed by atoms with Crippen LogP contribution in [0.15, 0.2) is 12.1 Å². The number of phenols is 1. The molecule has 27 heavy (non-hydrogen) atoms. The van der Waals surface area contributed by atoms with E-state index in [1.165, 1.54) is 6.07 Å². The summed E-state index contributed by atoms with van der Waals surface area (Å²) < 4.78 is 52.5. The fourth-order valence-corrected chi connectivity index (χ4v) is 2.87. The third kappa shape index (κ3) is 4.52. The molecule has 2 N–H and O–H groups in total. The van der Waals surface area contributed by atoms with Crippen molar-refractivity contribution in [3.8, 4) is 5.75 Å². The number of aromatic hydroxyl groups is 1. The first-order valence-electron chi connectivity index (χ1n) is 7.98. The number of amides is 1. The third-order valence-corrected chi connectivity index (χ3v) is 4.32. The van der Waals surface area contributed by atoms with Gasteiger partial charge in [-0.3, -0.25) is 9.48 Å². The van der Waals surface area contributed by atoms with Gasteiger partial charge in [0, 0.05) is 5.69 Å². The van der Waals surface area contributed by atoms with Crippen LogP contribution in [0, 0.1) is 6.92 Å². The van der Waals surface area contributed by atoms with Crippen LogP contribution < -0.4 is 5.32 Å². The highest BCUT2D eigenvalue weighted by Gasteiger charge is 2.28. The minimum absolute atomic E-state index is 0.0230. The van der Waals surface area contributed by atoms with E-state index in [1.807, 2.05) is 13.8 Å².